The van der Waals surface area contributed by atoms with Crippen LogP contribution in [-0.2, 0) is 16.1 Å². The Morgan fingerprint density at radius 2 is 1.88 bits per heavy atom. The van der Waals surface area contributed by atoms with Gasteiger partial charge >= 0.3 is 0 Å². The summed E-state index contributed by atoms with van der Waals surface area (Å²) in [7, 11) is 0. The molecule has 0 spiro atoms. The number of hydrogen-bond donors (Lipinski definition) is 1. The van der Waals surface area contributed by atoms with Crippen molar-refractivity contribution in [3.8, 4) is 0 Å². The van der Waals surface area contributed by atoms with Gasteiger partial charge in [0, 0.05) is 19.2 Å². The third-order valence-electron chi connectivity index (χ3n) is 7.49. The number of hydrogen-bond acceptors (Lipinski definition) is 4. The second-order valence-corrected chi connectivity index (χ2v) is 9.85. The van der Waals surface area contributed by atoms with Gasteiger partial charge in [-0.3, -0.25) is 9.59 Å². The van der Waals surface area contributed by atoms with Crippen LogP contribution in [0.5, 0.6) is 0 Å². The Morgan fingerprint density at radius 1 is 1.12 bits per heavy atom. The minimum absolute atomic E-state index is 0.0246. The summed E-state index contributed by atoms with van der Waals surface area (Å²) in [5.41, 5.74) is 0.706. The molecular formula is C25H34N4O3. The van der Waals surface area contributed by atoms with Gasteiger partial charge in [0.25, 0.3) is 5.91 Å². The van der Waals surface area contributed by atoms with Gasteiger partial charge in [-0.1, -0.05) is 44.2 Å². The van der Waals surface area contributed by atoms with Gasteiger partial charge in [-0.15, -0.1) is 0 Å². The summed E-state index contributed by atoms with van der Waals surface area (Å²) in [6.07, 6.45) is 9.97. The van der Waals surface area contributed by atoms with Crippen LogP contribution in [0.4, 0.5) is 0 Å². The van der Waals surface area contributed by atoms with Crippen LogP contribution in [0.1, 0.15) is 75.3 Å². The second-order valence-electron chi connectivity index (χ2n) is 9.85. The predicted octanol–water partition coefficient (Wildman–Crippen LogP) is 3.66. The number of carbonyl (C=O) groups is 2. The molecule has 1 aromatic heterocycles. The van der Waals surface area contributed by atoms with E-state index in [2.05, 4.69) is 10.3 Å². The lowest BCUT2D eigenvalue weighted by molar-refractivity contribution is -0.134. The van der Waals surface area contributed by atoms with Crippen molar-refractivity contribution in [1.29, 1.82) is 0 Å². The molecule has 0 bridgehead atoms. The zero-order valence-corrected chi connectivity index (χ0v) is 19.0. The van der Waals surface area contributed by atoms with Crippen molar-refractivity contribution < 1.29 is 14.3 Å². The molecule has 2 aromatic rings. The highest BCUT2D eigenvalue weighted by molar-refractivity contribution is 6.01. The third kappa shape index (κ3) is 3.91. The average molecular weight is 439 g/mol. The molecule has 3 aliphatic rings. The average Bonchev–Trinajstić information content (AvgIpc) is 3.41. The molecule has 1 N–H and O–H groups in total. The lowest BCUT2D eigenvalue weighted by Crippen LogP contribution is -2.66. The molecule has 7 heteroatoms. The van der Waals surface area contributed by atoms with Gasteiger partial charge < -0.3 is 19.5 Å². The van der Waals surface area contributed by atoms with Crippen molar-refractivity contribution in [3.05, 3.63) is 30.1 Å². The van der Waals surface area contributed by atoms with Gasteiger partial charge in [-0.2, -0.15) is 0 Å². The van der Waals surface area contributed by atoms with Crippen LogP contribution >= 0.6 is 0 Å². The molecule has 3 heterocycles. The Balaban J connectivity index is 1.47. The van der Waals surface area contributed by atoms with Gasteiger partial charge in [0.2, 0.25) is 5.91 Å². The summed E-state index contributed by atoms with van der Waals surface area (Å²) in [5.74, 6) is 0.177. The number of ether oxygens (including phenoxy) is 1. The SMILES string of the molecule is CC1(C(=O)NC2CCCCCCC2)Cn2c(nc3ccccc32)C(=O)N1CC1CCCO1. The largest absolute Gasteiger partial charge is 0.376 e. The molecule has 2 fully saturated rings. The lowest BCUT2D eigenvalue weighted by atomic mass is 9.92. The van der Waals surface area contributed by atoms with E-state index in [4.69, 9.17) is 4.74 Å². The maximum absolute atomic E-state index is 13.8. The van der Waals surface area contributed by atoms with Crippen LogP contribution in [0.3, 0.4) is 0 Å². The fourth-order valence-electron chi connectivity index (χ4n) is 5.55. The number of imidazole rings is 1. The molecule has 0 radical (unpaired) electrons. The van der Waals surface area contributed by atoms with Gasteiger partial charge in [0.15, 0.2) is 5.82 Å². The second kappa shape index (κ2) is 8.85. The van der Waals surface area contributed by atoms with Crippen molar-refractivity contribution in [3.63, 3.8) is 0 Å². The number of carbonyl (C=O) groups excluding carboxylic acids is 2. The van der Waals surface area contributed by atoms with Crippen molar-refractivity contribution >= 4 is 22.8 Å². The molecular weight excluding hydrogens is 404 g/mol. The maximum Gasteiger partial charge on any atom is 0.290 e. The predicted molar refractivity (Wildman–Crippen MR) is 122 cm³/mol. The summed E-state index contributed by atoms with van der Waals surface area (Å²) < 4.78 is 7.78. The van der Waals surface area contributed by atoms with E-state index >= 15 is 0 Å². The summed E-state index contributed by atoms with van der Waals surface area (Å²) in [4.78, 5) is 33.9. The Bertz CT molecular complexity index is 988. The summed E-state index contributed by atoms with van der Waals surface area (Å²) >= 11 is 0. The molecule has 2 unspecified atom stereocenters. The molecule has 5 rings (SSSR count). The number of benzene rings is 1. The van der Waals surface area contributed by atoms with E-state index < -0.39 is 5.54 Å². The standard InChI is InChI=1S/C25H34N4O3/c1-25(24(31)26-18-10-5-3-2-4-6-11-18)17-28-21-14-8-7-13-20(21)27-22(28)23(30)29(25)16-19-12-9-15-32-19/h7-8,13-14,18-19H,2-6,9-12,15-17H2,1H3,(H,26,31). The number of nitrogens with zero attached hydrogens (tertiary/aromatic N) is 3. The number of fused-ring (bicyclic) bond motifs is 3. The highest BCUT2D eigenvalue weighted by Gasteiger charge is 2.49. The van der Waals surface area contributed by atoms with E-state index in [9.17, 15) is 9.59 Å². The normalized spacial score (nSPS) is 27.2. The van der Waals surface area contributed by atoms with E-state index in [1.807, 2.05) is 35.8 Å². The summed E-state index contributed by atoms with van der Waals surface area (Å²) in [6.45, 7) is 3.46. The first-order chi connectivity index (χ1) is 15.6. The quantitative estimate of drug-likeness (QED) is 0.790. The highest BCUT2D eigenvalue weighted by atomic mass is 16.5. The van der Waals surface area contributed by atoms with Crippen LogP contribution in [0, 0.1) is 0 Å². The third-order valence-corrected chi connectivity index (χ3v) is 7.49. The van der Waals surface area contributed by atoms with Gasteiger partial charge in [0.1, 0.15) is 5.54 Å². The summed E-state index contributed by atoms with van der Waals surface area (Å²) in [6, 6.07) is 7.95. The van der Waals surface area contributed by atoms with Crippen LogP contribution in [0.2, 0.25) is 0 Å². The Hall–Kier alpha value is -2.41. The van der Waals surface area contributed by atoms with Crippen LogP contribution < -0.4 is 5.32 Å². The number of amides is 2. The number of aromatic nitrogens is 2. The first-order valence-electron chi connectivity index (χ1n) is 12.3. The lowest BCUT2D eigenvalue weighted by Gasteiger charge is -2.45. The highest BCUT2D eigenvalue weighted by Crippen LogP contribution is 2.32. The van der Waals surface area contributed by atoms with Gasteiger partial charge in [0.05, 0.1) is 23.7 Å². The van der Waals surface area contributed by atoms with Gasteiger partial charge in [-0.25, -0.2) is 4.98 Å². The van der Waals surface area contributed by atoms with Crippen molar-refractivity contribution in [1.82, 2.24) is 19.8 Å². The van der Waals surface area contributed by atoms with E-state index in [-0.39, 0.29) is 24.0 Å². The fraction of sp³-hybridized carbons (Fsp3) is 0.640. The Labute approximate surface area is 189 Å². The first kappa shape index (κ1) is 21.4. The zero-order valence-electron chi connectivity index (χ0n) is 19.0. The van der Waals surface area contributed by atoms with Crippen molar-refractivity contribution in [2.45, 2.75) is 88.9 Å². The molecule has 7 nitrogen and oxygen atoms in total. The van der Waals surface area contributed by atoms with Crippen LogP contribution in [0.15, 0.2) is 24.3 Å². The van der Waals surface area contributed by atoms with Crippen molar-refractivity contribution in [2.24, 2.45) is 0 Å². The van der Waals surface area contributed by atoms with Crippen LogP contribution in [0.25, 0.3) is 11.0 Å². The maximum atomic E-state index is 13.8. The molecule has 2 amide bonds. The zero-order chi connectivity index (χ0) is 22.1. The van der Waals surface area contributed by atoms with E-state index in [0.717, 1.165) is 56.2 Å². The Morgan fingerprint density at radius 3 is 2.62 bits per heavy atom. The smallest absolute Gasteiger partial charge is 0.290 e. The minimum atomic E-state index is -0.984. The number of para-hydroxylation sites is 2. The van der Waals surface area contributed by atoms with E-state index in [1.54, 1.807) is 4.90 Å². The van der Waals surface area contributed by atoms with Crippen molar-refractivity contribution in [2.75, 3.05) is 13.2 Å². The molecule has 172 valence electrons. The summed E-state index contributed by atoms with van der Waals surface area (Å²) in [5, 5.41) is 3.34. The minimum Gasteiger partial charge on any atom is -0.376 e. The molecule has 2 atom stereocenters. The first-order valence-corrected chi connectivity index (χ1v) is 12.3. The van der Waals surface area contributed by atoms with E-state index in [0.29, 0.717) is 18.9 Å². The molecule has 1 aromatic carbocycles. The van der Waals surface area contributed by atoms with E-state index in [1.165, 1.54) is 19.3 Å². The monoisotopic (exact) mass is 438 g/mol. The Kier molecular flexibility index (Phi) is 5.93. The molecule has 1 saturated carbocycles. The van der Waals surface area contributed by atoms with Crippen LogP contribution in [-0.4, -0.2) is 57.1 Å². The molecule has 1 aliphatic carbocycles. The topological polar surface area (TPSA) is 76.5 Å². The number of nitrogens with one attached hydrogen (secondary N) is 1. The molecule has 32 heavy (non-hydrogen) atoms. The fourth-order valence-corrected chi connectivity index (χ4v) is 5.55. The number of rotatable bonds is 4. The molecule has 2 aliphatic heterocycles. The molecule has 1 saturated heterocycles. The van der Waals surface area contributed by atoms with Gasteiger partial charge in [-0.05, 0) is 44.7 Å².